The van der Waals surface area contributed by atoms with Crippen molar-refractivity contribution in [3.8, 4) is 0 Å². The van der Waals surface area contributed by atoms with Crippen LogP contribution < -0.4 is 10.6 Å². The Morgan fingerprint density at radius 1 is 1.19 bits per heavy atom. The molecule has 2 N–H and O–H groups in total. The average molecular weight is 371 g/mol. The van der Waals surface area contributed by atoms with Crippen molar-refractivity contribution in [1.82, 2.24) is 5.32 Å². The molecule has 0 bridgehead atoms. The van der Waals surface area contributed by atoms with Gasteiger partial charge in [0, 0.05) is 9.72 Å². The van der Waals surface area contributed by atoms with Crippen LogP contribution in [0.1, 0.15) is 25.7 Å². The van der Waals surface area contributed by atoms with Crippen molar-refractivity contribution in [2.24, 2.45) is 0 Å². The summed E-state index contributed by atoms with van der Waals surface area (Å²) in [6, 6.07) is 7.38. The molecule has 0 aliphatic heterocycles. The maximum atomic E-state index is 11.8. The highest BCUT2D eigenvalue weighted by atomic mass is 79.9. The van der Waals surface area contributed by atoms with Crippen molar-refractivity contribution in [2.45, 2.75) is 30.9 Å². The molecule has 1 aromatic carbocycles. The van der Waals surface area contributed by atoms with Crippen molar-refractivity contribution in [1.29, 1.82) is 0 Å². The second-order valence-corrected chi connectivity index (χ2v) is 7.17. The molecule has 2 amide bonds. The molecule has 1 aliphatic rings. The topological polar surface area (TPSA) is 58.2 Å². The molecule has 0 radical (unpaired) electrons. The van der Waals surface area contributed by atoms with E-state index in [9.17, 15) is 9.59 Å². The van der Waals surface area contributed by atoms with Crippen molar-refractivity contribution >= 4 is 45.2 Å². The molecule has 0 atom stereocenters. The number of para-hydroxylation sites is 1. The quantitative estimate of drug-likeness (QED) is 0.808. The van der Waals surface area contributed by atoms with E-state index in [1.807, 2.05) is 18.2 Å². The Bertz CT molecular complexity index is 504. The highest BCUT2D eigenvalue weighted by molar-refractivity contribution is 9.10. The number of carbonyl (C=O) groups excluding carboxylic acids is 2. The molecule has 1 aromatic rings. The monoisotopic (exact) mass is 370 g/mol. The van der Waals surface area contributed by atoms with E-state index in [2.05, 4.69) is 26.6 Å². The second kappa shape index (κ2) is 8.44. The van der Waals surface area contributed by atoms with Crippen LogP contribution in [0.5, 0.6) is 0 Å². The summed E-state index contributed by atoms with van der Waals surface area (Å²) in [4.78, 5) is 23.5. The molecule has 1 fully saturated rings. The van der Waals surface area contributed by atoms with Crippen LogP contribution in [0.4, 0.5) is 5.69 Å². The smallest absolute Gasteiger partial charge is 0.243 e. The molecule has 0 unspecified atom stereocenters. The van der Waals surface area contributed by atoms with Crippen LogP contribution in [0.3, 0.4) is 0 Å². The lowest BCUT2D eigenvalue weighted by molar-refractivity contribution is -0.122. The lowest BCUT2D eigenvalue weighted by Crippen LogP contribution is -2.34. The van der Waals surface area contributed by atoms with Gasteiger partial charge in [0.15, 0.2) is 0 Å². The third kappa shape index (κ3) is 5.71. The Hall–Kier alpha value is -1.01. The van der Waals surface area contributed by atoms with Gasteiger partial charge in [0.1, 0.15) is 0 Å². The molecule has 1 saturated carbocycles. The number of anilines is 1. The average Bonchev–Trinajstić information content (AvgIpc) is 2.99. The van der Waals surface area contributed by atoms with Crippen LogP contribution in [0, 0.1) is 0 Å². The maximum Gasteiger partial charge on any atom is 0.243 e. The number of benzene rings is 1. The van der Waals surface area contributed by atoms with Crippen LogP contribution in [0.25, 0.3) is 0 Å². The van der Waals surface area contributed by atoms with E-state index >= 15 is 0 Å². The largest absolute Gasteiger partial charge is 0.346 e. The van der Waals surface area contributed by atoms with E-state index in [-0.39, 0.29) is 18.4 Å². The van der Waals surface area contributed by atoms with Crippen LogP contribution in [0.2, 0.25) is 0 Å². The summed E-state index contributed by atoms with van der Waals surface area (Å²) in [6.07, 6.45) is 4.96. The van der Waals surface area contributed by atoms with Crippen LogP contribution >= 0.6 is 27.7 Å². The van der Waals surface area contributed by atoms with Gasteiger partial charge in [-0.1, -0.05) is 25.0 Å². The summed E-state index contributed by atoms with van der Waals surface area (Å²) < 4.78 is 0.821. The summed E-state index contributed by atoms with van der Waals surface area (Å²) >= 11 is 5.06. The Kier molecular flexibility index (Phi) is 6.57. The molecular formula is C15H19BrN2O2S. The van der Waals surface area contributed by atoms with E-state index in [0.29, 0.717) is 16.7 Å². The highest BCUT2D eigenvalue weighted by Gasteiger charge is 2.16. The predicted octanol–water partition coefficient (Wildman–Crippen LogP) is 3.18. The molecule has 0 saturated heterocycles. The minimum Gasteiger partial charge on any atom is -0.346 e. The predicted molar refractivity (Wildman–Crippen MR) is 90.5 cm³/mol. The van der Waals surface area contributed by atoms with Crippen LogP contribution in [-0.4, -0.2) is 29.4 Å². The molecule has 0 heterocycles. The lowest BCUT2D eigenvalue weighted by atomic mass is 10.3. The van der Waals surface area contributed by atoms with Gasteiger partial charge in [-0.3, -0.25) is 9.59 Å². The molecule has 0 aromatic heterocycles. The molecular weight excluding hydrogens is 352 g/mol. The van der Waals surface area contributed by atoms with Gasteiger partial charge in [-0.05, 0) is 40.9 Å². The first-order chi connectivity index (χ1) is 10.1. The van der Waals surface area contributed by atoms with Crippen LogP contribution in [0.15, 0.2) is 28.7 Å². The number of hydrogen-bond donors (Lipinski definition) is 2. The van der Waals surface area contributed by atoms with Crippen molar-refractivity contribution in [2.75, 3.05) is 17.6 Å². The second-order valence-electron chi connectivity index (χ2n) is 5.02. The number of halogens is 1. The van der Waals surface area contributed by atoms with Gasteiger partial charge in [-0.25, -0.2) is 0 Å². The third-order valence-electron chi connectivity index (χ3n) is 3.35. The number of amides is 2. The molecule has 4 nitrogen and oxygen atoms in total. The fourth-order valence-electron chi connectivity index (χ4n) is 2.24. The van der Waals surface area contributed by atoms with Gasteiger partial charge >= 0.3 is 0 Å². The summed E-state index contributed by atoms with van der Waals surface area (Å²) in [5.74, 6) is 0.141. The Morgan fingerprint density at radius 2 is 1.90 bits per heavy atom. The fourth-order valence-corrected chi connectivity index (χ4v) is 3.78. The molecule has 1 aliphatic carbocycles. The molecule has 2 rings (SSSR count). The SMILES string of the molecule is O=C(CSC1CCCC1)NCC(=O)Nc1ccccc1Br. The lowest BCUT2D eigenvalue weighted by Gasteiger charge is -2.10. The van der Waals surface area contributed by atoms with Gasteiger partial charge in [-0.2, -0.15) is 0 Å². The van der Waals surface area contributed by atoms with Crippen molar-refractivity contribution < 1.29 is 9.59 Å². The van der Waals surface area contributed by atoms with Crippen LogP contribution in [-0.2, 0) is 9.59 Å². The Labute approximate surface area is 137 Å². The molecule has 0 spiro atoms. The first kappa shape index (κ1) is 16.4. The van der Waals surface area contributed by atoms with E-state index in [1.54, 1.807) is 17.8 Å². The van der Waals surface area contributed by atoms with Gasteiger partial charge in [0.2, 0.25) is 11.8 Å². The van der Waals surface area contributed by atoms with Gasteiger partial charge in [-0.15, -0.1) is 11.8 Å². The van der Waals surface area contributed by atoms with Gasteiger partial charge in [0.25, 0.3) is 0 Å². The molecule has 114 valence electrons. The molecule has 6 heteroatoms. The van der Waals surface area contributed by atoms with Crippen molar-refractivity contribution in [3.05, 3.63) is 28.7 Å². The number of rotatable bonds is 6. The first-order valence-electron chi connectivity index (χ1n) is 7.08. The van der Waals surface area contributed by atoms with E-state index in [0.717, 1.165) is 4.47 Å². The Balaban J connectivity index is 1.66. The van der Waals surface area contributed by atoms with E-state index in [4.69, 9.17) is 0 Å². The normalized spacial score (nSPS) is 14.9. The minimum atomic E-state index is -0.221. The Morgan fingerprint density at radius 3 is 2.62 bits per heavy atom. The number of nitrogens with one attached hydrogen (secondary N) is 2. The summed E-state index contributed by atoms with van der Waals surface area (Å²) in [6.45, 7) is 0.00535. The maximum absolute atomic E-state index is 11.8. The number of carbonyl (C=O) groups is 2. The summed E-state index contributed by atoms with van der Waals surface area (Å²) in [7, 11) is 0. The first-order valence-corrected chi connectivity index (χ1v) is 8.92. The van der Waals surface area contributed by atoms with E-state index < -0.39 is 0 Å². The summed E-state index contributed by atoms with van der Waals surface area (Å²) in [5.41, 5.74) is 0.706. The zero-order chi connectivity index (χ0) is 15.1. The zero-order valence-corrected chi connectivity index (χ0v) is 14.1. The number of thioether (sulfide) groups is 1. The summed E-state index contributed by atoms with van der Waals surface area (Å²) in [5, 5.41) is 6.03. The highest BCUT2D eigenvalue weighted by Crippen LogP contribution is 2.29. The van der Waals surface area contributed by atoms with Crippen molar-refractivity contribution in [3.63, 3.8) is 0 Å². The number of hydrogen-bond acceptors (Lipinski definition) is 3. The third-order valence-corrected chi connectivity index (χ3v) is 5.41. The van der Waals surface area contributed by atoms with E-state index in [1.165, 1.54) is 25.7 Å². The van der Waals surface area contributed by atoms with Gasteiger partial charge in [0.05, 0.1) is 18.0 Å². The van der Waals surface area contributed by atoms with Gasteiger partial charge < -0.3 is 10.6 Å². The minimum absolute atomic E-state index is 0.00535. The zero-order valence-electron chi connectivity index (χ0n) is 11.7. The standard InChI is InChI=1S/C15H19BrN2O2S/c16-12-7-3-4-8-13(12)18-14(19)9-17-15(20)10-21-11-5-1-2-6-11/h3-4,7-8,11H,1-2,5-6,9-10H2,(H,17,20)(H,18,19). The fraction of sp³-hybridized carbons (Fsp3) is 0.467. The molecule has 21 heavy (non-hydrogen) atoms.